The number of rotatable bonds is 4. The molecule has 2 amide bonds. The molecule has 2 fully saturated rings. The molecule has 3 rings (SSSR count). The molecule has 132 valence electrons. The van der Waals surface area contributed by atoms with Gasteiger partial charge in [-0.25, -0.2) is 0 Å². The molecular weight excluding hydrogens is 320 g/mol. The molecule has 1 aromatic carbocycles. The van der Waals surface area contributed by atoms with Crippen LogP contribution in [0.2, 0.25) is 0 Å². The fourth-order valence-electron chi connectivity index (χ4n) is 3.82. The van der Waals surface area contributed by atoms with Gasteiger partial charge in [-0.15, -0.1) is 0 Å². The Balaban J connectivity index is 1.73. The molecule has 2 heterocycles. The number of aromatic hydroxyl groups is 1. The van der Waals surface area contributed by atoms with E-state index in [2.05, 4.69) is 4.90 Å². The third kappa shape index (κ3) is 3.44. The number of benzene rings is 1. The summed E-state index contributed by atoms with van der Waals surface area (Å²) < 4.78 is 0. The average molecular weight is 342 g/mol. The molecule has 0 bridgehead atoms. The molecule has 2 atom stereocenters. The number of phenols is 1. The third-order valence-corrected chi connectivity index (χ3v) is 5.08. The van der Waals surface area contributed by atoms with E-state index in [1.54, 1.807) is 17.0 Å². The highest BCUT2D eigenvalue weighted by Gasteiger charge is 2.39. The summed E-state index contributed by atoms with van der Waals surface area (Å²) in [6, 6.07) is 6.12. The van der Waals surface area contributed by atoms with E-state index in [9.17, 15) is 14.7 Å². The Kier molecular flexibility index (Phi) is 4.91. The summed E-state index contributed by atoms with van der Waals surface area (Å²) in [5.41, 5.74) is 6.53. The molecule has 2 saturated heterocycles. The van der Waals surface area contributed by atoms with Crippen LogP contribution in [0.25, 0.3) is 0 Å². The fraction of sp³-hybridized carbons (Fsp3) is 0.500. The van der Waals surface area contributed by atoms with Gasteiger partial charge in [-0.05, 0) is 49.9 Å². The molecule has 0 radical (unpaired) electrons. The van der Waals surface area contributed by atoms with Crippen molar-refractivity contribution in [3.05, 3.63) is 29.3 Å². The highest BCUT2D eigenvalue weighted by atomic mass is 16.3. The Morgan fingerprint density at radius 2 is 1.96 bits per heavy atom. The summed E-state index contributed by atoms with van der Waals surface area (Å²) in [5, 5.41) is 18.7. The standard InChI is InChI=1S/C18H22N4O3/c19-10-13-9-12(5-6-16(13)23)11-21-7-1-4-15(21)18(25)22-8-2-3-14(22)17(20)24/h5-6,9,14-15,23H,1-4,7-8,11H2,(H2,20,24)/t14-,15+/m0/s1. The molecule has 7 nitrogen and oxygen atoms in total. The molecule has 0 unspecified atom stereocenters. The third-order valence-electron chi connectivity index (χ3n) is 5.08. The van der Waals surface area contributed by atoms with Crippen molar-refractivity contribution in [2.75, 3.05) is 13.1 Å². The van der Waals surface area contributed by atoms with Crippen LogP contribution in [0.1, 0.15) is 36.8 Å². The number of primary amides is 1. The Hall–Kier alpha value is -2.59. The molecule has 0 saturated carbocycles. The van der Waals surface area contributed by atoms with Crippen LogP contribution < -0.4 is 5.73 Å². The van der Waals surface area contributed by atoms with E-state index in [0.717, 1.165) is 31.4 Å². The van der Waals surface area contributed by atoms with Gasteiger partial charge in [0.1, 0.15) is 17.9 Å². The fourth-order valence-corrected chi connectivity index (χ4v) is 3.82. The van der Waals surface area contributed by atoms with Crippen molar-refractivity contribution < 1.29 is 14.7 Å². The van der Waals surface area contributed by atoms with Crippen LogP contribution in [0.5, 0.6) is 5.75 Å². The minimum Gasteiger partial charge on any atom is -0.507 e. The number of nitriles is 1. The number of carbonyl (C=O) groups excluding carboxylic acids is 2. The van der Waals surface area contributed by atoms with Gasteiger partial charge in [0.15, 0.2) is 0 Å². The maximum absolute atomic E-state index is 12.9. The lowest BCUT2D eigenvalue weighted by Crippen LogP contribution is -2.50. The summed E-state index contributed by atoms with van der Waals surface area (Å²) in [4.78, 5) is 28.2. The lowest BCUT2D eigenvalue weighted by Gasteiger charge is -2.30. The van der Waals surface area contributed by atoms with Crippen LogP contribution >= 0.6 is 0 Å². The first-order valence-corrected chi connectivity index (χ1v) is 8.57. The molecular formula is C18H22N4O3. The average Bonchev–Trinajstić information content (AvgIpc) is 3.25. The van der Waals surface area contributed by atoms with Crippen LogP contribution in [0.4, 0.5) is 0 Å². The Bertz CT molecular complexity index is 728. The zero-order valence-corrected chi connectivity index (χ0v) is 14.0. The number of phenolic OH excluding ortho intramolecular Hbond substituents is 1. The van der Waals surface area contributed by atoms with Crippen molar-refractivity contribution >= 4 is 11.8 Å². The second kappa shape index (κ2) is 7.11. The highest BCUT2D eigenvalue weighted by Crippen LogP contribution is 2.27. The van der Waals surface area contributed by atoms with Crippen molar-refractivity contribution in [1.82, 2.24) is 9.80 Å². The number of nitrogens with zero attached hydrogens (tertiary/aromatic N) is 3. The van der Waals surface area contributed by atoms with Gasteiger partial charge in [-0.3, -0.25) is 14.5 Å². The van der Waals surface area contributed by atoms with Crippen LogP contribution in [0, 0.1) is 11.3 Å². The molecule has 1 aromatic rings. The predicted molar refractivity (Wildman–Crippen MR) is 90.2 cm³/mol. The first kappa shape index (κ1) is 17.2. The van der Waals surface area contributed by atoms with E-state index in [0.29, 0.717) is 19.5 Å². The molecule has 0 spiro atoms. The quantitative estimate of drug-likeness (QED) is 0.837. The molecule has 7 heteroatoms. The SMILES string of the molecule is N#Cc1cc(CN2CCC[C@@H]2C(=O)N2CCC[C@H]2C(N)=O)ccc1O. The van der Waals surface area contributed by atoms with Crippen molar-refractivity contribution in [3.63, 3.8) is 0 Å². The number of amides is 2. The van der Waals surface area contributed by atoms with Gasteiger partial charge in [0.05, 0.1) is 11.6 Å². The number of hydrogen-bond donors (Lipinski definition) is 2. The van der Waals surface area contributed by atoms with E-state index in [4.69, 9.17) is 11.0 Å². The highest BCUT2D eigenvalue weighted by molar-refractivity contribution is 5.89. The van der Waals surface area contributed by atoms with Gasteiger partial charge < -0.3 is 15.7 Å². The first-order chi connectivity index (χ1) is 12.0. The molecule has 3 N–H and O–H groups in total. The van der Waals surface area contributed by atoms with Gasteiger partial charge in [0.2, 0.25) is 11.8 Å². The van der Waals surface area contributed by atoms with Gasteiger partial charge in [0.25, 0.3) is 0 Å². The van der Waals surface area contributed by atoms with Crippen molar-refractivity contribution in [2.24, 2.45) is 5.73 Å². The summed E-state index contributed by atoms with van der Waals surface area (Å²) in [6.07, 6.45) is 3.10. The van der Waals surface area contributed by atoms with E-state index in [-0.39, 0.29) is 23.3 Å². The summed E-state index contributed by atoms with van der Waals surface area (Å²) in [7, 11) is 0. The lowest BCUT2D eigenvalue weighted by molar-refractivity contribution is -0.141. The molecule has 0 aromatic heterocycles. The van der Waals surface area contributed by atoms with Crippen LogP contribution in [0.3, 0.4) is 0 Å². The molecule has 2 aliphatic rings. The summed E-state index contributed by atoms with van der Waals surface area (Å²) in [6.45, 7) is 1.89. The molecule has 2 aliphatic heterocycles. The zero-order chi connectivity index (χ0) is 18.0. The maximum atomic E-state index is 12.9. The van der Waals surface area contributed by atoms with Crippen molar-refractivity contribution in [3.8, 4) is 11.8 Å². The van der Waals surface area contributed by atoms with Crippen molar-refractivity contribution in [2.45, 2.75) is 44.3 Å². The van der Waals surface area contributed by atoms with E-state index >= 15 is 0 Å². The molecule has 25 heavy (non-hydrogen) atoms. The number of likely N-dealkylation sites (tertiary alicyclic amines) is 2. The van der Waals surface area contributed by atoms with Gasteiger partial charge >= 0.3 is 0 Å². The van der Waals surface area contributed by atoms with E-state index in [1.165, 1.54) is 6.07 Å². The van der Waals surface area contributed by atoms with E-state index in [1.807, 2.05) is 6.07 Å². The minimum atomic E-state index is -0.492. The Labute approximate surface area is 146 Å². The van der Waals surface area contributed by atoms with Crippen LogP contribution in [-0.4, -0.2) is 51.9 Å². The smallest absolute Gasteiger partial charge is 0.240 e. The summed E-state index contributed by atoms with van der Waals surface area (Å²) >= 11 is 0. The van der Waals surface area contributed by atoms with Crippen molar-refractivity contribution in [1.29, 1.82) is 5.26 Å². The maximum Gasteiger partial charge on any atom is 0.240 e. The van der Waals surface area contributed by atoms with Crippen LogP contribution in [-0.2, 0) is 16.1 Å². The van der Waals surface area contributed by atoms with Gasteiger partial charge in [-0.1, -0.05) is 6.07 Å². The predicted octanol–water partition coefficient (Wildman–Crippen LogP) is 0.705. The Morgan fingerprint density at radius 1 is 1.24 bits per heavy atom. The first-order valence-electron chi connectivity index (χ1n) is 8.57. The lowest BCUT2D eigenvalue weighted by atomic mass is 10.1. The second-order valence-electron chi connectivity index (χ2n) is 6.68. The zero-order valence-electron chi connectivity index (χ0n) is 14.0. The van der Waals surface area contributed by atoms with E-state index < -0.39 is 11.9 Å². The number of carbonyl (C=O) groups is 2. The Morgan fingerprint density at radius 3 is 2.68 bits per heavy atom. The summed E-state index contributed by atoms with van der Waals surface area (Å²) in [5.74, 6) is -0.507. The normalized spacial score (nSPS) is 23.6. The molecule has 0 aliphatic carbocycles. The number of nitrogens with two attached hydrogens (primary N) is 1. The van der Waals surface area contributed by atoms with Gasteiger partial charge in [-0.2, -0.15) is 5.26 Å². The van der Waals surface area contributed by atoms with Crippen LogP contribution in [0.15, 0.2) is 18.2 Å². The van der Waals surface area contributed by atoms with Gasteiger partial charge in [0, 0.05) is 13.1 Å². The number of hydrogen-bond acceptors (Lipinski definition) is 5. The largest absolute Gasteiger partial charge is 0.507 e. The monoisotopic (exact) mass is 342 g/mol. The second-order valence-corrected chi connectivity index (χ2v) is 6.68. The minimum absolute atomic E-state index is 0.0296. The topological polar surface area (TPSA) is 111 Å².